The van der Waals surface area contributed by atoms with E-state index < -0.39 is 0 Å². The zero-order chi connectivity index (χ0) is 19.1. The molecule has 0 saturated heterocycles. The van der Waals surface area contributed by atoms with E-state index in [0.717, 1.165) is 25.1 Å². The Morgan fingerprint density at radius 3 is 2.96 bits per heavy atom. The highest BCUT2D eigenvalue weighted by Crippen LogP contribution is 2.31. The van der Waals surface area contributed by atoms with E-state index in [2.05, 4.69) is 64.2 Å². The molecule has 3 heterocycles. The number of ether oxygens (including phenoxy) is 1. The van der Waals surface area contributed by atoms with Crippen LogP contribution in [0.2, 0.25) is 0 Å². The number of benzene rings is 1. The van der Waals surface area contributed by atoms with E-state index in [1.54, 1.807) is 4.68 Å². The van der Waals surface area contributed by atoms with Gasteiger partial charge in [0.2, 0.25) is 5.88 Å². The first kappa shape index (κ1) is 18.1. The number of hydrogen-bond acceptors (Lipinski definition) is 3. The molecule has 3 aromatic rings. The second-order valence-electron chi connectivity index (χ2n) is 7.13. The lowest BCUT2D eigenvalue weighted by molar-refractivity contribution is 0.0947. The van der Waals surface area contributed by atoms with Gasteiger partial charge in [0, 0.05) is 36.1 Å². The van der Waals surface area contributed by atoms with Crippen molar-refractivity contribution >= 4 is 32.7 Å². The molecule has 7 heteroatoms. The summed E-state index contributed by atoms with van der Waals surface area (Å²) in [5.74, 6) is 0.460. The predicted molar refractivity (Wildman–Crippen MR) is 109 cm³/mol. The summed E-state index contributed by atoms with van der Waals surface area (Å²) in [5, 5.41) is 8.62. The van der Waals surface area contributed by atoms with Gasteiger partial charge in [-0.2, -0.15) is 5.10 Å². The fourth-order valence-electron chi connectivity index (χ4n) is 3.79. The minimum Gasteiger partial charge on any atom is -0.477 e. The lowest BCUT2D eigenvalue weighted by atomic mass is 10.0. The molecule has 4 rings (SSSR count). The number of rotatable bonds is 4. The van der Waals surface area contributed by atoms with Gasteiger partial charge in [-0.1, -0.05) is 11.6 Å². The molecule has 27 heavy (non-hydrogen) atoms. The Balaban J connectivity index is 1.49. The molecule has 1 aromatic carbocycles. The highest BCUT2D eigenvalue weighted by atomic mass is 79.9. The summed E-state index contributed by atoms with van der Waals surface area (Å²) in [6, 6.07) is 4.39. The number of halogens is 1. The standard InChI is InChI=1S/C20H23BrN4O2/c1-11-9-12(2)17-15(10-11)14(13(3)23-17)5-6-22-19(26)18-16(21)20-25(24-18)7-4-8-27-20/h9-10,23H,4-8H2,1-3H3,(H,22,26). The fraction of sp³-hybridized carbons (Fsp3) is 0.400. The Bertz CT molecular complexity index is 1030. The van der Waals surface area contributed by atoms with Crippen molar-refractivity contribution in [3.05, 3.63) is 44.7 Å². The number of H-pyrrole nitrogens is 1. The van der Waals surface area contributed by atoms with Crippen molar-refractivity contribution in [2.24, 2.45) is 0 Å². The quantitative estimate of drug-likeness (QED) is 0.660. The van der Waals surface area contributed by atoms with Crippen LogP contribution in [0.5, 0.6) is 5.88 Å². The monoisotopic (exact) mass is 430 g/mol. The number of aromatic amines is 1. The van der Waals surface area contributed by atoms with Crippen LogP contribution in [-0.4, -0.2) is 33.8 Å². The van der Waals surface area contributed by atoms with Crippen LogP contribution in [0.3, 0.4) is 0 Å². The Labute approximate surface area is 166 Å². The van der Waals surface area contributed by atoms with Crippen LogP contribution in [0.25, 0.3) is 10.9 Å². The van der Waals surface area contributed by atoms with Crippen molar-refractivity contribution in [3.63, 3.8) is 0 Å². The predicted octanol–water partition coefficient (Wildman–Crippen LogP) is 3.81. The van der Waals surface area contributed by atoms with E-state index in [1.807, 2.05) is 0 Å². The van der Waals surface area contributed by atoms with E-state index in [-0.39, 0.29) is 5.91 Å². The number of nitrogens with zero attached hydrogens (tertiary/aromatic N) is 2. The minimum absolute atomic E-state index is 0.183. The van der Waals surface area contributed by atoms with Gasteiger partial charge in [0.1, 0.15) is 4.47 Å². The minimum atomic E-state index is -0.183. The lowest BCUT2D eigenvalue weighted by Crippen LogP contribution is -2.26. The van der Waals surface area contributed by atoms with Gasteiger partial charge in [-0.3, -0.25) is 4.79 Å². The molecule has 1 aliphatic rings. The van der Waals surface area contributed by atoms with E-state index in [4.69, 9.17) is 4.74 Å². The summed E-state index contributed by atoms with van der Waals surface area (Å²) in [6.07, 6.45) is 1.67. The molecule has 6 nitrogen and oxygen atoms in total. The van der Waals surface area contributed by atoms with Crippen LogP contribution >= 0.6 is 15.9 Å². The molecule has 1 amide bonds. The number of fused-ring (bicyclic) bond motifs is 2. The van der Waals surface area contributed by atoms with Crippen molar-refractivity contribution in [2.45, 2.75) is 40.2 Å². The molecule has 0 aliphatic carbocycles. The summed E-state index contributed by atoms with van der Waals surface area (Å²) in [4.78, 5) is 16.1. The maximum absolute atomic E-state index is 12.6. The Morgan fingerprint density at radius 2 is 2.19 bits per heavy atom. The molecule has 0 bridgehead atoms. The van der Waals surface area contributed by atoms with Crippen LogP contribution < -0.4 is 10.1 Å². The maximum Gasteiger partial charge on any atom is 0.273 e. The number of aromatic nitrogens is 3. The molecule has 0 radical (unpaired) electrons. The number of hydrogen-bond donors (Lipinski definition) is 2. The number of carbonyl (C=O) groups excluding carboxylic acids is 1. The van der Waals surface area contributed by atoms with Crippen molar-refractivity contribution in [2.75, 3.05) is 13.2 Å². The highest BCUT2D eigenvalue weighted by molar-refractivity contribution is 9.10. The van der Waals surface area contributed by atoms with Crippen molar-refractivity contribution in [3.8, 4) is 5.88 Å². The smallest absolute Gasteiger partial charge is 0.273 e. The Hall–Kier alpha value is -2.28. The zero-order valence-electron chi connectivity index (χ0n) is 15.8. The first-order valence-electron chi connectivity index (χ1n) is 9.21. The Morgan fingerprint density at radius 1 is 1.37 bits per heavy atom. The first-order valence-corrected chi connectivity index (χ1v) is 10.0. The van der Waals surface area contributed by atoms with Gasteiger partial charge in [-0.25, -0.2) is 4.68 Å². The van der Waals surface area contributed by atoms with Gasteiger partial charge in [-0.15, -0.1) is 0 Å². The molecule has 2 aromatic heterocycles. The molecule has 0 atom stereocenters. The molecule has 0 spiro atoms. The molecule has 1 aliphatic heterocycles. The number of amides is 1. The SMILES string of the molecule is Cc1cc(C)c2[nH]c(C)c(CCNC(=O)c3nn4c(c3Br)OCCC4)c2c1. The third kappa shape index (κ3) is 3.25. The molecule has 0 unspecified atom stereocenters. The van der Waals surface area contributed by atoms with Gasteiger partial charge in [0.15, 0.2) is 5.69 Å². The molecular formula is C20H23BrN4O2. The number of carbonyl (C=O) groups is 1. The highest BCUT2D eigenvalue weighted by Gasteiger charge is 2.24. The summed E-state index contributed by atoms with van der Waals surface area (Å²) in [6.45, 7) is 8.30. The second-order valence-corrected chi connectivity index (χ2v) is 7.92. The summed E-state index contributed by atoms with van der Waals surface area (Å²) in [5.41, 5.74) is 6.46. The molecule has 142 valence electrons. The fourth-order valence-corrected chi connectivity index (χ4v) is 4.36. The van der Waals surface area contributed by atoms with Gasteiger partial charge < -0.3 is 15.0 Å². The molecule has 2 N–H and O–H groups in total. The van der Waals surface area contributed by atoms with Gasteiger partial charge in [0.25, 0.3) is 5.91 Å². The normalized spacial score (nSPS) is 13.5. The van der Waals surface area contributed by atoms with Crippen LogP contribution in [0, 0.1) is 20.8 Å². The largest absolute Gasteiger partial charge is 0.477 e. The third-order valence-electron chi connectivity index (χ3n) is 5.05. The number of nitrogens with one attached hydrogen (secondary N) is 2. The van der Waals surface area contributed by atoms with Gasteiger partial charge >= 0.3 is 0 Å². The van der Waals surface area contributed by atoms with Crippen molar-refractivity contribution < 1.29 is 9.53 Å². The van der Waals surface area contributed by atoms with Crippen LogP contribution in [0.4, 0.5) is 0 Å². The average Bonchev–Trinajstić information content (AvgIpc) is 3.13. The van der Waals surface area contributed by atoms with Crippen molar-refractivity contribution in [1.29, 1.82) is 0 Å². The van der Waals surface area contributed by atoms with Crippen LogP contribution in [0.15, 0.2) is 16.6 Å². The molecule has 0 saturated carbocycles. The second kappa shape index (κ2) is 7.03. The maximum atomic E-state index is 12.6. The van der Waals surface area contributed by atoms with Crippen LogP contribution in [-0.2, 0) is 13.0 Å². The zero-order valence-corrected chi connectivity index (χ0v) is 17.4. The third-order valence-corrected chi connectivity index (χ3v) is 5.76. The van der Waals surface area contributed by atoms with E-state index in [9.17, 15) is 4.79 Å². The first-order chi connectivity index (χ1) is 13.0. The molecule has 0 fully saturated rings. The van der Waals surface area contributed by atoms with E-state index in [0.29, 0.717) is 29.2 Å². The summed E-state index contributed by atoms with van der Waals surface area (Å²) in [7, 11) is 0. The van der Waals surface area contributed by atoms with Gasteiger partial charge in [0.05, 0.1) is 6.61 Å². The van der Waals surface area contributed by atoms with Gasteiger partial charge in [-0.05, 0) is 60.3 Å². The van der Waals surface area contributed by atoms with E-state index in [1.165, 1.54) is 27.6 Å². The topological polar surface area (TPSA) is 71.9 Å². The average molecular weight is 431 g/mol. The number of aryl methyl sites for hydroxylation is 4. The van der Waals surface area contributed by atoms with E-state index >= 15 is 0 Å². The van der Waals surface area contributed by atoms with Crippen molar-refractivity contribution in [1.82, 2.24) is 20.1 Å². The molecular weight excluding hydrogens is 408 g/mol. The summed E-state index contributed by atoms with van der Waals surface area (Å²) < 4.78 is 7.99. The lowest BCUT2D eigenvalue weighted by Gasteiger charge is -2.14. The summed E-state index contributed by atoms with van der Waals surface area (Å²) >= 11 is 3.45. The Kier molecular flexibility index (Phi) is 4.72. The van der Waals surface area contributed by atoms with Crippen LogP contribution in [0.1, 0.15) is 39.3 Å².